The Balaban J connectivity index is 1.86. The summed E-state index contributed by atoms with van der Waals surface area (Å²) in [7, 11) is 0. The van der Waals surface area contributed by atoms with Crippen LogP contribution in [0.4, 0.5) is 11.4 Å². The molecule has 1 aliphatic heterocycles. The van der Waals surface area contributed by atoms with E-state index < -0.39 is 0 Å². The molecule has 0 saturated heterocycles. The lowest BCUT2D eigenvalue weighted by atomic mass is 9.99. The Bertz CT molecular complexity index is 707. The van der Waals surface area contributed by atoms with Crippen molar-refractivity contribution < 1.29 is 4.74 Å². The number of nitrogens with zero attached hydrogens (tertiary/aromatic N) is 1. The molecule has 0 spiro atoms. The first kappa shape index (κ1) is 16.7. The Morgan fingerprint density at radius 1 is 1.00 bits per heavy atom. The van der Waals surface area contributed by atoms with E-state index in [4.69, 9.17) is 4.74 Å². The van der Waals surface area contributed by atoms with Gasteiger partial charge >= 0.3 is 0 Å². The lowest BCUT2D eigenvalue weighted by Gasteiger charge is -2.26. The standard InChI is InChI=1S/C21H28N2O/c1-5-15(4)22-18-10-8-16-12-17-9-11-19(23(6-2)7-3)14-21(17)24-20(16)13-18/h8-11,13-15,22H,5-7,12H2,1-4H3. The van der Waals surface area contributed by atoms with Crippen molar-refractivity contribution in [1.29, 1.82) is 0 Å². The van der Waals surface area contributed by atoms with Crippen LogP contribution < -0.4 is 15.0 Å². The number of hydrogen-bond donors (Lipinski definition) is 1. The summed E-state index contributed by atoms with van der Waals surface area (Å²) in [5.74, 6) is 1.97. The first-order valence-corrected chi connectivity index (χ1v) is 9.09. The van der Waals surface area contributed by atoms with Crippen molar-refractivity contribution in [3.8, 4) is 11.5 Å². The van der Waals surface area contributed by atoms with Gasteiger partial charge in [-0.15, -0.1) is 0 Å². The molecule has 0 bridgehead atoms. The van der Waals surface area contributed by atoms with Crippen molar-refractivity contribution in [2.24, 2.45) is 0 Å². The van der Waals surface area contributed by atoms with Crippen molar-refractivity contribution in [2.45, 2.75) is 46.6 Å². The molecule has 2 aromatic carbocycles. The molecule has 3 nitrogen and oxygen atoms in total. The summed E-state index contributed by atoms with van der Waals surface area (Å²) in [4.78, 5) is 2.35. The largest absolute Gasteiger partial charge is 0.457 e. The zero-order valence-corrected chi connectivity index (χ0v) is 15.2. The second kappa shape index (κ2) is 7.16. The van der Waals surface area contributed by atoms with Crippen LogP contribution in [0.1, 0.15) is 45.2 Å². The van der Waals surface area contributed by atoms with Crippen LogP contribution in [0.2, 0.25) is 0 Å². The van der Waals surface area contributed by atoms with Gasteiger partial charge in [0.05, 0.1) is 0 Å². The van der Waals surface area contributed by atoms with E-state index in [0.717, 1.165) is 43.1 Å². The van der Waals surface area contributed by atoms with E-state index in [1.54, 1.807) is 0 Å². The van der Waals surface area contributed by atoms with Crippen LogP contribution in [0.15, 0.2) is 36.4 Å². The van der Waals surface area contributed by atoms with Crippen molar-refractivity contribution in [3.63, 3.8) is 0 Å². The maximum atomic E-state index is 6.25. The van der Waals surface area contributed by atoms with Gasteiger partial charge in [-0.25, -0.2) is 0 Å². The van der Waals surface area contributed by atoms with Crippen LogP contribution >= 0.6 is 0 Å². The molecule has 1 heterocycles. The minimum Gasteiger partial charge on any atom is -0.457 e. The minimum absolute atomic E-state index is 0.466. The average molecular weight is 324 g/mol. The number of rotatable bonds is 6. The van der Waals surface area contributed by atoms with Gasteiger partial charge in [0.1, 0.15) is 11.5 Å². The molecule has 3 rings (SSSR count). The molecule has 3 heteroatoms. The second-order valence-electron chi connectivity index (χ2n) is 6.52. The van der Waals surface area contributed by atoms with Gasteiger partial charge < -0.3 is 15.0 Å². The Labute approximate surface area is 145 Å². The quantitative estimate of drug-likeness (QED) is 0.653. The predicted octanol–water partition coefficient (Wildman–Crippen LogP) is 5.44. The molecule has 0 radical (unpaired) electrons. The molecular weight excluding hydrogens is 296 g/mol. The third-order valence-corrected chi connectivity index (χ3v) is 4.87. The Morgan fingerprint density at radius 2 is 1.67 bits per heavy atom. The summed E-state index contributed by atoms with van der Waals surface area (Å²) in [5.41, 5.74) is 4.89. The average Bonchev–Trinajstić information content (AvgIpc) is 2.60. The fraction of sp³-hybridized carbons (Fsp3) is 0.429. The predicted molar refractivity (Wildman–Crippen MR) is 103 cm³/mol. The van der Waals surface area contributed by atoms with Crippen LogP contribution in [0.25, 0.3) is 0 Å². The van der Waals surface area contributed by atoms with Gasteiger partial charge in [0.25, 0.3) is 0 Å². The van der Waals surface area contributed by atoms with Crippen LogP contribution in [-0.2, 0) is 6.42 Å². The zero-order chi connectivity index (χ0) is 17.1. The van der Waals surface area contributed by atoms with Gasteiger partial charge in [-0.1, -0.05) is 19.1 Å². The van der Waals surface area contributed by atoms with E-state index in [-0.39, 0.29) is 0 Å². The molecule has 1 unspecified atom stereocenters. The summed E-state index contributed by atoms with van der Waals surface area (Å²) >= 11 is 0. The highest BCUT2D eigenvalue weighted by molar-refractivity contribution is 5.61. The van der Waals surface area contributed by atoms with Gasteiger partial charge in [0.2, 0.25) is 0 Å². The Hall–Kier alpha value is -2.16. The second-order valence-corrected chi connectivity index (χ2v) is 6.52. The van der Waals surface area contributed by atoms with Crippen LogP contribution in [0.3, 0.4) is 0 Å². The topological polar surface area (TPSA) is 24.5 Å². The van der Waals surface area contributed by atoms with Crippen LogP contribution in [-0.4, -0.2) is 19.1 Å². The number of hydrogen-bond acceptors (Lipinski definition) is 3. The third kappa shape index (κ3) is 3.35. The summed E-state index contributed by atoms with van der Waals surface area (Å²) in [6, 6.07) is 13.5. The molecule has 0 saturated carbocycles. The summed E-state index contributed by atoms with van der Waals surface area (Å²) in [6.45, 7) is 10.8. The molecular formula is C21H28N2O. The SMILES string of the molecule is CCC(C)Nc1ccc2c(c1)Oc1cc(N(CC)CC)ccc1C2. The zero-order valence-electron chi connectivity index (χ0n) is 15.2. The maximum Gasteiger partial charge on any atom is 0.133 e. The lowest BCUT2D eigenvalue weighted by molar-refractivity contribution is 0.460. The van der Waals surface area contributed by atoms with E-state index in [0.29, 0.717) is 6.04 Å². The van der Waals surface area contributed by atoms with Gasteiger partial charge in [-0.2, -0.15) is 0 Å². The van der Waals surface area contributed by atoms with E-state index in [1.165, 1.54) is 16.8 Å². The Morgan fingerprint density at radius 3 is 2.33 bits per heavy atom. The summed E-state index contributed by atoms with van der Waals surface area (Å²) < 4.78 is 6.25. The number of nitrogens with one attached hydrogen (secondary N) is 1. The normalized spacial score (nSPS) is 13.5. The number of ether oxygens (including phenoxy) is 1. The number of benzene rings is 2. The number of anilines is 2. The fourth-order valence-electron chi connectivity index (χ4n) is 3.17. The maximum absolute atomic E-state index is 6.25. The summed E-state index contributed by atoms with van der Waals surface area (Å²) in [6.07, 6.45) is 2.04. The first-order chi connectivity index (χ1) is 11.6. The van der Waals surface area contributed by atoms with Crippen molar-refractivity contribution in [2.75, 3.05) is 23.3 Å². The van der Waals surface area contributed by atoms with Crippen molar-refractivity contribution >= 4 is 11.4 Å². The minimum atomic E-state index is 0.466. The van der Waals surface area contributed by atoms with Crippen LogP contribution in [0.5, 0.6) is 11.5 Å². The number of fused-ring (bicyclic) bond motifs is 2. The molecule has 24 heavy (non-hydrogen) atoms. The molecule has 1 aliphatic rings. The van der Waals surface area contributed by atoms with Gasteiger partial charge in [0.15, 0.2) is 0 Å². The van der Waals surface area contributed by atoms with Gasteiger partial charge in [0, 0.05) is 49.1 Å². The monoisotopic (exact) mass is 324 g/mol. The smallest absolute Gasteiger partial charge is 0.133 e. The third-order valence-electron chi connectivity index (χ3n) is 4.87. The first-order valence-electron chi connectivity index (χ1n) is 9.09. The molecule has 0 fully saturated rings. The highest BCUT2D eigenvalue weighted by Crippen LogP contribution is 2.39. The Kier molecular flexibility index (Phi) is 4.98. The van der Waals surface area contributed by atoms with E-state index in [9.17, 15) is 0 Å². The fourth-order valence-corrected chi connectivity index (χ4v) is 3.17. The highest BCUT2D eigenvalue weighted by Gasteiger charge is 2.18. The summed E-state index contributed by atoms with van der Waals surface area (Å²) in [5, 5.41) is 3.53. The van der Waals surface area contributed by atoms with E-state index in [2.05, 4.69) is 74.3 Å². The molecule has 2 aromatic rings. The molecule has 1 atom stereocenters. The van der Waals surface area contributed by atoms with Gasteiger partial charge in [-0.05, 0) is 50.5 Å². The molecule has 0 aromatic heterocycles. The van der Waals surface area contributed by atoms with Crippen molar-refractivity contribution in [1.82, 2.24) is 0 Å². The van der Waals surface area contributed by atoms with E-state index in [1.807, 2.05) is 0 Å². The highest BCUT2D eigenvalue weighted by atomic mass is 16.5. The molecule has 1 N–H and O–H groups in total. The van der Waals surface area contributed by atoms with Crippen molar-refractivity contribution in [3.05, 3.63) is 47.5 Å². The molecule has 128 valence electrons. The molecule has 0 aliphatic carbocycles. The lowest BCUT2D eigenvalue weighted by Crippen LogP contribution is -2.22. The molecule has 0 amide bonds. The van der Waals surface area contributed by atoms with E-state index >= 15 is 0 Å². The van der Waals surface area contributed by atoms with Crippen LogP contribution in [0, 0.1) is 0 Å². The van der Waals surface area contributed by atoms with Gasteiger partial charge in [-0.3, -0.25) is 0 Å².